The zero-order valence-corrected chi connectivity index (χ0v) is 27.2. The number of nitrogens with one attached hydrogen (secondary N) is 2. The Bertz CT molecular complexity index is 1360. The van der Waals surface area contributed by atoms with Crippen LogP contribution in [0.2, 0.25) is 0 Å². The molecule has 1 aliphatic rings. The minimum absolute atomic E-state index is 0.107. The minimum atomic E-state index is -0.962. The number of alkyl carbamates (subject to hydrolysis) is 1. The van der Waals surface area contributed by atoms with Crippen molar-refractivity contribution >= 4 is 12.0 Å². The molecule has 9 heteroatoms. The standard InChI is InChI=1S/C36H48N4O5/c1-25-11-9-12-26(2)30(25)24-45-35(43)38-31(19-27-13-7-6-8-14-27)33(41)22-40-18-16-29(44-23-28-15-10-17-37-21-28)20-32(40)34(42)39-36(3,4)5/h6-15,17,21,29,31-33,41H,16,18-20,22-24H2,1-5H3,(H,38,43)(H,39,42)/t29-,31+,32+,33-/m1/s1. The number of carbonyl (C=O) groups is 2. The number of aliphatic hydroxyl groups excluding tert-OH is 1. The van der Waals surface area contributed by atoms with Crippen LogP contribution in [-0.2, 0) is 33.9 Å². The van der Waals surface area contributed by atoms with Crippen molar-refractivity contribution in [3.63, 3.8) is 0 Å². The van der Waals surface area contributed by atoms with Gasteiger partial charge in [-0.1, -0.05) is 54.6 Å². The van der Waals surface area contributed by atoms with Crippen molar-refractivity contribution in [3.8, 4) is 0 Å². The summed E-state index contributed by atoms with van der Waals surface area (Å²) in [5, 5.41) is 17.6. The number of aromatic nitrogens is 1. The predicted molar refractivity (Wildman–Crippen MR) is 174 cm³/mol. The summed E-state index contributed by atoms with van der Waals surface area (Å²) in [6.07, 6.45) is 3.44. The van der Waals surface area contributed by atoms with E-state index in [0.29, 0.717) is 32.4 Å². The van der Waals surface area contributed by atoms with Gasteiger partial charge < -0.3 is 25.2 Å². The van der Waals surface area contributed by atoms with Gasteiger partial charge in [-0.05, 0) is 87.8 Å². The minimum Gasteiger partial charge on any atom is -0.445 e. The molecule has 0 unspecified atom stereocenters. The molecule has 0 spiro atoms. The van der Waals surface area contributed by atoms with Crippen molar-refractivity contribution in [2.45, 2.75) is 96.9 Å². The van der Waals surface area contributed by atoms with Crippen molar-refractivity contribution in [1.29, 1.82) is 0 Å². The zero-order valence-electron chi connectivity index (χ0n) is 27.2. The molecule has 4 atom stereocenters. The Balaban J connectivity index is 1.45. The van der Waals surface area contributed by atoms with Crippen molar-refractivity contribution in [1.82, 2.24) is 20.5 Å². The monoisotopic (exact) mass is 616 g/mol. The van der Waals surface area contributed by atoms with Crippen molar-refractivity contribution in [3.05, 3.63) is 101 Å². The fraction of sp³-hybridized carbons (Fsp3) is 0.472. The van der Waals surface area contributed by atoms with Crippen LogP contribution in [0.1, 0.15) is 61.4 Å². The Morgan fingerprint density at radius 3 is 2.38 bits per heavy atom. The first-order valence-corrected chi connectivity index (χ1v) is 15.8. The number of ether oxygens (including phenoxy) is 2. The quantitative estimate of drug-likeness (QED) is 0.266. The molecule has 9 nitrogen and oxygen atoms in total. The molecule has 0 saturated carbocycles. The topological polar surface area (TPSA) is 113 Å². The molecule has 2 amide bonds. The van der Waals surface area contributed by atoms with E-state index in [1.54, 1.807) is 12.4 Å². The van der Waals surface area contributed by atoms with E-state index in [9.17, 15) is 14.7 Å². The third-order valence-corrected chi connectivity index (χ3v) is 8.15. The molecular weight excluding hydrogens is 568 g/mol. The molecule has 1 aromatic heterocycles. The molecule has 1 aliphatic heterocycles. The summed E-state index contributed by atoms with van der Waals surface area (Å²) in [7, 11) is 0. The average Bonchev–Trinajstić information content (AvgIpc) is 3.00. The van der Waals surface area contributed by atoms with Gasteiger partial charge in [0.05, 0.1) is 30.9 Å². The van der Waals surface area contributed by atoms with Gasteiger partial charge in [0.25, 0.3) is 0 Å². The van der Waals surface area contributed by atoms with E-state index in [-0.39, 0.29) is 25.2 Å². The second kappa shape index (κ2) is 16.0. The van der Waals surface area contributed by atoms with E-state index in [0.717, 1.165) is 27.8 Å². The van der Waals surface area contributed by atoms with Crippen LogP contribution in [0.15, 0.2) is 73.1 Å². The highest BCUT2D eigenvalue weighted by atomic mass is 16.5. The fourth-order valence-electron chi connectivity index (χ4n) is 5.70. The summed E-state index contributed by atoms with van der Waals surface area (Å²) in [6.45, 7) is 11.2. The summed E-state index contributed by atoms with van der Waals surface area (Å²) in [5.74, 6) is -0.107. The molecule has 0 aliphatic carbocycles. The lowest BCUT2D eigenvalue weighted by molar-refractivity contribution is -0.133. The first-order chi connectivity index (χ1) is 21.5. The molecule has 242 valence electrons. The number of rotatable bonds is 12. The maximum absolute atomic E-state index is 13.5. The lowest BCUT2D eigenvalue weighted by atomic mass is 9.95. The highest BCUT2D eigenvalue weighted by Gasteiger charge is 2.37. The fourth-order valence-corrected chi connectivity index (χ4v) is 5.70. The van der Waals surface area contributed by atoms with Gasteiger partial charge in [0.15, 0.2) is 0 Å². The van der Waals surface area contributed by atoms with Gasteiger partial charge in [-0.3, -0.25) is 14.7 Å². The highest BCUT2D eigenvalue weighted by Crippen LogP contribution is 2.24. The maximum Gasteiger partial charge on any atom is 0.407 e. The Morgan fingerprint density at radius 2 is 1.71 bits per heavy atom. The molecule has 1 saturated heterocycles. The first-order valence-electron chi connectivity index (χ1n) is 15.8. The number of hydrogen-bond acceptors (Lipinski definition) is 7. The molecule has 2 aromatic carbocycles. The second-order valence-electron chi connectivity index (χ2n) is 13.0. The highest BCUT2D eigenvalue weighted by molar-refractivity contribution is 5.82. The number of pyridine rings is 1. The van der Waals surface area contributed by atoms with Crippen molar-refractivity contribution in [2.24, 2.45) is 0 Å². The molecule has 2 heterocycles. The Morgan fingerprint density at radius 1 is 1.00 bits per heavy atom. The van der Waals surface area contributed by atoms with E-state index in [1.165, 1.54) is 0 Å². The number of likely N-dealkylation sites (tertiary alicyclic amines) is 1. The van der Waals surface area contributed by atoms with Gasteiger partial charge in [-0.25, -0.2) is 4.79 Å². The zero-order chi connectivity index (χ0) is 32.4. The molecular formula is C36H48N4O5. The van der Waals surface area contributed by atoms with Gasteiger partial charge in [0, 0.05) is 31.0 Å². The van der Waals surface area contributed by atoms with Crippen LogP contribution in [-0.4, -0.2) is 69.9 Å². The van der Waals surface area contributed by atoms with Gasteiger partial charge in [0.2, 0.25) is 5.91 Å². The molecule has 45 heavy (non-hydrogen) atoms. The third-order valence-electron chi connectivity index (χ3n) is 8.15. The molecule has 0 bridgehead atoms. The van der Waals surface area contributed by atoms with Crippen LogP contribution in [0, 0.1) is 13.8 Å². The number of benzene rings is 2. The van der Waals surface area contributed by atoms with E-state index >= 15 is 0 Å². The largest absolute Gasteiger partial charge is 0.445 e. The number of aryl methyl sites for hydroxylation is 2. The van der Waals surface area contributed by atoms with Gasteiger partial charge in [0.1, 0.15) is 6.61 Å². The predicted octanol–water partition coefficient (Wildman–Crippen LogP) is 4.86. The molecule has 1 fully saturated rings. The Labute approximate surface area is 267 Å². The summed E-state index contributed by atoms with van der Waals surface area (Å²) in [4.78, 5) is 32.8. The average molecular weight is 617 g/mol. The van der Waals surface area contributed by atoms with Crippen molar-refractivity contribution in [2.75, 3.05) is 13.1 Å². The van der Waals surface area contributed by atoms with Crippen LogP contribution in [0.5, 0.6) is 0 Å². The number of carbonyl (C=O) groups excluding carboxylic acids is 2. The van der Waals surface area contributed by atoms with E-state index < -0.39 is 29.8 Å². The van der Waals surface area contributed by atoms with E-state index in [1.807, 2.05) is 100 Å². The van der Waals surface area contributed by atoms with Gasteiger partial charge >= 0.3 is 6.09 Å². The summed E-state index contributed by atoms with van der Waals surface area (Å²) < 4.78 is 11.8. The Hall–Kier alpha value is -3.79. The second-order valence-corrected chi connectivity index (χ2v) is 13.0. The lowest BCUT2D eigenvalue weighted by Gasteiger charge is -2.41. The molecule has 3 aromatic rings. The SMILES string of the molecule is Cc1cccc(C)c1COC(=O)N[C@@H](Cc1ccccc1)[C@H](O)CN1CC[C@@H](OCc2cccnc2)C[C@H]1C(=O)NC(C)(C)C. The van der Waals surface area contributed by atoms with Crippen LogP contribution < -0.4 is 10.6 Å². The third kappa shape index (κ3) is 10.7. The number of piperidine rings is 1. The van der Waals surface area contributed by atoms with Gasteiger partial charge in [-0.15, -0.1) is 0 Å². The van der Waals surface area contributed by atoms with Crippen LogP contribution >= 0.6 is 0 Å². The first kappa shape index (κ1) is 34.1. The number of hydrogen-bond donors (Lipinski definition) is 3. The number of β-amino-alcohol motifs (C(OH)–C–C–N with tert-alkyl or cyclic N) is 1. The number of nitrogens with zero attached hydrogens (tertiary/aromatic N) is 2. The van der Waals surface area contributed by atoms with E-state index in [4.69, 9.17) is 9.47 Å². The molecule has 3 N–H and O–H groups in total. The van der Waals surface area contributed by atoms with Crippen molar-refractivity contribution < 1.29 is 24.2 Å². The smallest absolute Gasteiger partial charge is 0.407 e. The lowest BCUT2D eigenvalue weighted by Crippen LogP contribution is -2.59. The number of aliphatic hydroxyl groups is 1. The molecule has 4 rings (SSSR count). The normalized spacial score (nSPS) is 18.5. The maximum atomic E-state index is 13.5. The summed E-state index contributed by atoms with van der Waals surface area (Å²) >= 11 is 0. The molecule has 0 radical (unpaired) electrons. The summed E-state index contributed by atoms with van der Waals surface area (Å²) in [5.41, 5.74) is 4.61. The van der Waals surface area contributed by atoms with Crippen LogP contribution in [0.3, 0.4) is 0 Å². The Kier molecular flexibility index (Phi) is 12.1. The van der Waals surface area contributed by atoms with Gasteiger partial charge in [-0.2, -0.15) is 0 Å². The van der Waals surface area contributed by atoms with Crippen LogP contribution in [0.25, 0.3) is 0 Å². The van der Waals surface area contributed by atoms with Crippen LogP contribution in [0.4, 0.5) is 4.79 Å². The van der Waals surface area contributed by atoms with E-state index in [2.05, 4.69) is 15.6 Å². The summed E-state index contributed by atoms with van der Waals surface area (Å²) in [6, 6.07) is 18.4. The number of amides is 2.